The number of halogens is 2. The first-order valence-electron chi connectivity index (χ1n) is 7.91. The van der Waals surface area contributed by atoms with E-state index in [1.54, 1.807) is 11.3 Å². The summed E-state index contributed by atoms with van der Waals surface area (Å²) in [6.45, 7) is 2.46. The van der Waals surface area contributed by atoms with Gasteiger partial charge in [0, 0.05) is 17.5 Å². The van der Waals surface area contributed by atoms with E-state index in [1.807, 2.05) is 11.4 Å². The number of urea groups is 1. The molecule has 2 heterocycles. The van der Waals surface area contributed by atoms with Crippen LogP contribution < -0.4 is 10.6 Å². The molecule has 3 rings (SSSR count). The van der Waals surface area contributed by atoms with Crippen molar-refractivity contribution in [2.45, 2.75) is 18.9 Å². The van der Waals surface area contributed by atoms with Crippen molar-refractivity contribution in [3.63, 3.8) is 0 Å². The molecule has 1 aromatic heterocycles. The van der Waals surface area contributed by atoms with Crippen molar-refractivity contribution in [1.29, 1.82) is 0 Å². The lowest BCUT2D eigenvalue weighted by Gasteiger charge is -2.27. The molecular weight excluding hydrogens is 332 g/mol. The third-order valence-corrected chi connectivity index (χ3v) is 5.06. The Bertz CT molecular complexity index is 687. The van der Waals surface area contributed by atoms with Gasteiger partial charge in [0.2, 0.25) is 0 Å². The van der Waals surface area contributed by atoms with E-state index >= 15 is 0 Å². The highest BCUT2D eigenvalue weighted by molar-refractivity contribution is 7.10. The zero-order chi connectivity index (χ0) is 16.9. The summed E-state index contributed by atoms with van der Waals surface area (Å²) < 4.78 is 26.5. The standard InChI is InChI=1S/C17H19F2N3OS/c18-12-5-6-14(13(19)10-12)21-17(23)20-11-15(16-4-3-9-24-16)22-7-1-2-8-22/h3-6,9-10,15H,1-2,7-8,11H2,(H2,20,21,23). The molecular formula is C17H19F2N3OS. The predicted octanol–water partition coefficient (Wildman–Crippen LogP) is 3.98. The number of likely N-dealkylation sites (tertiary alicyclic amines) is 1. The number of benzene rings is 1. The molecule has 2 N–H and O–H groups in total. The number of nitrogens with one attached hydrogen (secondary N) is 2. The number of hydrogen-bond acceptors (Lipinski definition) is 3. The normalized spacial score (nSPS) is 16.1. The molecule has 0 spiro atoms. The lowest BCUT2D eigenvalue weighted by Crippen LogP contribution is -2.38. The van der Waals surface area contributed by atoms with Gasteiger partial charge in [0.25, 0.3) is 0 Å². The molecule has 2 aromatic rings. The van der Waals surface area contributed by atoms with Crippen LogP contribution in [0.3, 0.4) is 0 Å². The number of anilines is 1. The minimum absolute atomic E-state index is 0.0391. The minimum atomic E-state index is -0.792. The first kappa shape index (κ1) is 16.9. The fraction of sp³-hybridized carbons (Fsp3) is 0.353. The Morgan fingerprint density at radius 3 is 2.71 bits per heavy atom. The van der Waals surface area contributed by atoms with Gasteiger partial charge < -0.3 is 10.6 Å². The van der Waals surface area contributed by atoms with Crippen molar-refractivity contribution in [2.24, 2.45) is 0 Å². The van der Waals surface area contributed by atoms with Crippen molar-refractivity contribution < 1.29 is 13.6 Å². The van der Waals surface area contributed by atoms with Gasteiger partial charge in [0.05, 0.1) is 11.7 Å². The molecule has 1 aromatic carbocycles. The maximum Gasteiger partial charge on any atom is 0.319 e. The maximum atomic E-state index is 13.6. The van der Waals surface area contributed by atoms with E-state index in [-0.39, 0.29) is 11.7 Å². The molecule has 1 fully saturated rings. The van der Waals surface area contributed by atoms with Gasteiger partial charge >= 0.3 is 6.03 Å². The summed E-state index contributed by atoms with van der Waals surface area (Å²) in [5.41, 5.74) is -0.0391. The Morgan fingerprint density at radius 1 is 1.25 bits per heavy atom. The second-order valence-electron chi connectivity index (χ2n) is 5.73. The number of carbonyl (C=O) groups is 1. The van der Waals surface area contributed by atoms with Crippen molar-refractivity contribution in [1.82, 2.24) is 10.2 Å². The summed E-state index contributed by atoms with van der Waals surface area (Å²) in [5, 5.41) is 7.23. The summed E-state index contributed by atoms with van der Waals surface area (Å²) >= 11 is 1.66. The Kier molecular flexibility index (Phi) is 5.42. The van der Waals surface area contributed by atoms with Gasteiger partial charge in [0.1, 0.15) is 11.6 Å². The van der Waals surface area contributed by atoms with E-state index in [1.165, 1.54) is 10.9 Å². The van der Waals surface area contributed by atoms with E-state index in [0.717, 1.165) is 38.1 Å². The van der Waals surface area contributed by atoms with Crippen LogP contribution in [0, 0.1) is 11.6 Å². The number of thiophene rings is 1. The van der Waals surface area contributed by atoms with Crippen LogP contribution in [0.4, 0.5) is 19.3 Å². The van der Waals surface area contributed by atoms with E-state index < -0.39 is 17.7 Å². The van der Waals surface area contributed by atoms with Gasteiger partial charge in [0.15, 0.2) is 0 Å². The molecule has 1 atom stereocenters. The summed E-state index contributed by atoms with van der Waals surface area (Å²) in [7, 11) is 0. The summed E-state index contributed by atoms with van der Waals surface area (Å²) in [6, 6.07) is 6.74. The molecule has 0 radical (unpaired) electrons. The Hall–Kier alpha value is -1.99. The van der Waals surface area contributed by atoms with E-state index in [0.29, 0.717) is 6.54 Å². The first-order chi connectivity index (χ1) is 11.6. The topological polar surface area (TPSA) is 44.4 Å². The molecule has 0 aliphatic carbocycles. The highest BCUT2D eigenvalue weighted by atomic mass is 32.1. The highest BCUT2D eigenvalue weighted by Crippen LogP contribution is 2.27. The third kappa shape index (κ3) is 4.10. The lowest BCUT2D eigenvalue weighted by molar-refractivity contribution is 0.229. The Balaban J connectivity index is 1.60. The smallest absolute Gasteiger partial charge is 0.319 e. The molecule has 1 unspecified atom stereocenters. The molecule has 24 heavy (non-hydrogen) atoms. The van der Waals surface area contributed by atoms with E-state index in [2.05, 4.69) is 21.6 Å². The number of hydrogen-bond donors (Lipinski definition) is 2. The molecule has 1 saturated heterocycles. The van der Waals surface area contributed by atoms with Gasteiger partial charge in [-0.3, -0.25) is 4.90 Å². The third-order valence-electron chi connectivity index (χ3n) is 4.09. The van der Waals surface area contributed by atoms with Gasteiger partial charge in [-0.1, -0.05) is 6.07 Å². The van der Waals surface area contributed by atoms with E-state index in [4.69, 9.17) is 0 Å². The quantitative estimate of drug-likeness (QED) is 0.856. The van der Waals surface area contributed by atoms with Crippen LogP contribution in [0.15, 0.2) is 35.7 Å². The number of carbonyl (C=O) groups excluding carboxylic acids is 1. The zero-order valence-corrected chi connectivity index (χ0v) is 13.9. The van der Waals surface area contributed by atoms with Crippen LogP contribution in [0.1, 0.15) is 23.8 Å². The fourth-order valence-corrected chi connectivity index (χ4v) is 3.75. The molecule has 4 nitrogen and oxygen atoms in total. The average molecular weight is 351 g/mol. The lowest BCUT2D eigenvalue weighted by atomic mass is 10.2. The van der Waals surface area contributed by atoms with Crippen LogP contribution in [0.25, 0.3) is 0 Å². The average Bonchev–Trinajstić information content (AvgIpc) is 3.24. The summed E-state index contributed by atoms with van der Waals surface area (Å²) in [6.07, 6.45) is 2.32. The summed E-state index contributed by atoms with van der Waals surface area (Å²) in [4.78, 5) is 15.6. The van der Waals surface area contributed by atoms with Crippen molar-refractivity contribution >= 4 is 23.1 Å². The molecule has 7 heteroatoms. The van der Waals surface area contributed by atoms with E-state index in [9.17, 15) is 13.6 Å². The predicted molar refractivity (Wildman–Crippen MR) is 91.2 cm³/mol. The van der Waals surface area contributed by atoms with Crippen LogP contribution >= 0.6 is 11.3 Å². The molecule has 1 aliphatic heterocycles. The molecule has 2 amide bonds. The van der Waals surface area contributed by atoms with Crippen molar-refractivity contribution in [3.05, 3.63) is 52.2 Å². The maximum absolute atomic E-state index is 13.6. The SMILES string of the molecule is O=C(NCC(c1cccs1)N1CCCC1)Nc1ccc(F)cc1F. The van der Waals surface area contributed by atoms with Crippen molar-refractivity contribution in [2.75, 3.05) is 25.0 Å². The number of nitrogens with zero attached hydrogens (tertiary/aromatic N) is 1. The number of rotatable bonds is 5. The fourth-order valence-electron chi connectivity index (χ4n) is 2.89. The minimum Gasteiger partial charge on any atom is -0.336 e. The first-order valence-corrected chi connectivity index (χ1v) is 8.79. The van der Waals surface area contributed by atoms with Gasteiger partial charge in [-0.25, -0.2) is 13.6 Å². The van der Waals surface area contributed by atoms with Crippen LogP contribution in [0.5, 0.6) is 0 Å². The number of amides is 2. The van der Waals surface area contributed by atoms with Crippen LogP contribution in [-0.4, -0.2) is 30.6 Å². The largest absolute Gasteiger partial charge is 0.336 e. The molecule has 1 aliphatic rings. The summed E-state index contributed by atoms with van der Waals surface area (Å²) in [5.74, 6) is -1.47. The monoisotopic (exact) mass is 351 g/mol. The Morgan fingerprint density at radius 2 is 2.04 bits per heavy atom. The molecule has 128 valence electrons. The van der Waals surface area contributed by atoms with Crippen LogP contribution in [0.2, 0.25) is 0 Å². The Labute approximate surface area is 143 Å². The molecule has 0 saturated carbocycles. The second kappa shape index (κ2) is 7.72. The molecule has 0 bridgehead atoms. The van der Waals surface area contributed by atoms with Gasteiger partial charge in [-0.2, -0.15) is 0 Å². The van der Waals surface area contributed by atoms with Crippen molar-refractivity contribution in [3.8, 4) is 0 Å². The van der Waals surface area contributed by atoms with Gasteiger partial charge in [-0.05, 0) is 49.5 Å². The van der Waals surface area contributed by atoms with Gasteiger partial charge in [-0.15, -0.1) is 11.3 Å². The second-order valence-corrected chi connectivity index (χ2v) is 6.71. The highest BCUT2D eigenvalue weighted by Gasteiger charge is 2.24. The van der Waals surface area contributed by atoms with Crippen LogP contribution in [-0.2, 0) is 0 Å². The zero-order valence-electron chi connectivity index (χ0n) is 13.1.